The Bertz CT molecular complexity index is 448. The summed E-state index contributed by atoms with van der Waals surface area (Å²) in [5.74, 6) is 0. The Kier molecular flexibility index (Phi) is 3.65. The Labute approximate surface area is 89.8 Å². The van der Waals surface area contributed by atoms with Crippen LogP contribution in [0.3, 0.4) is 0 Å². The monoisotopic (exact) mass is 229 g/mol. The minimum Gasteiger partial charge on any atom is -0.269 e. The van der Waals surface area contributed by atoms with Crippen LogP contribution in [0.4, 0.5) is 0 Å². The van der Waals surface area contributed by atoms with Gasteiger partial charge in [0, 0.05) is 13.1 Å². The molecule has 0 aliphatic rings. The van der Waals surface area contributed by atoms with Gasteiger partial charge in [0.15, 0.2) is 0 Å². The number of nitrogens with one attached hydrogen (secondary N) is 1. The number of nitrogens with zero attached hydrogens (tertiary/aromatic N) is 2. The Hall–Kier alpha value is -1.14. The molecule has 0 unspecified atom stereocenters. The summed E-state index contributed by atoms with van der Waals surface area (Å²) in [6.07, 6.45) is 2.86. The smallest absolute Gasteiger partial charge is 0.244 e. The summed E-state index contributed by atoms with van der Waals surface area (Å²) in [7, 11) is -3.45. The van der Waals surface area contributed by atoms with E-state index in [1.807, 2.05) is 6.92 Å². The van der Waals surface area contributed by atoms with Gasteiger partial charge in [0.05, 0.1) is 11.9 Å². The van der Waals surface area contributed by atoms with Crippen molar-refractivity contribution in [2.75, 3.05) is 6.54 Å². The topological polar surface area (TPSA) is 64.0 Å². The quantitative estimate of drug-likeness (QED) is 0.755. The van der Waals surface area contributed by atoms with Crippen molar-refractivity contribution < 1.29 is 8.42 Å². The van der Waals surface area contributed by atoms with Gasteiger partial charge in [-0.25, -0.2) is 13.1 Å². The van der Waals surface area contributed by atoms with E-state index in [0.717, 1.165) is 0 Å². The van der Waals surface area contributed by atoms with Crippen molar-refractivity contribution in [2.24, 2.45) is 0 Å². The van der Waals surface area contributed by atoms with Crippen molar-refractivity contribution in [3.05, 3.63) is 24.5 Å². The summed E-state index contributed by atoms with van der Waals surface area (Å²) >= 11 is 0. The zero-order valence-corrected chi connectivity index (χ0v) is 9.71. The standard InChI is InChI=1S/C9H15N3O2S/c1-4-6-11-15(13,14)9-7-10-12(5-2)8(9)3/h4,7,11H,1,5-6H2,2-3H3. The fourth-order valence-corrected chi connectivity index (χ4v) is 2.43. The molecule has 0 aliphatic heterocycles. The highest BCUT2D eigenvalue weighted by Crippen LogP contribution is 2.13. The first-order valence-electron chi connectivity index (χ1n) is 4.66. The van der Waals surface area contributed by atoms with E-state index >= 15 is 0 Å². The molecule has 0 saturated carbocycles. The molecule has 1 heterocycles. The average molecular weight is 229 g/mol. The van der Waals surface area contributed by atoms with Crippen molar-refractivity contribution in [2.45, 2.75) is 25.3 Å². The van der Waals surface area contributed by atoms with Gasteiger partial charge >= 0.3 is 0 Å². The maximum Gasteiger partial charge on any atom is 0.244 e. The largest absolute Gasteiger partial charge is 0.269 e. The summed E-state index contributed by atoms with van der Waals surface area (Å²) in [5.41, 5.74) is 0.647. The van der Waals surface area contributed by atoms with Crippen LogP contribution in [0.2, 0.25) is 0 Å². The lowest BCUT2D eigenvalue weighted by Gasteiger charge is -2.04. The Morgan fingerprint density at radius 1 is 1.67 bits per heavy atom. The van der Waals surface area contributed by atoms with Gasteiger partial charge < -0.3 is 0 Å². The Morgan fingerprint density at radius 2 is 2.33 bits per heavy atom. The molecule has 0 saturated heterocycles. The Morgan fingerprint density at radius 3 is 2.80 bits per heavy atom. The van der Waals surface area contributed by atoms with Crippen molar-refractivity contribution in [1.29, 1.82) is 0 Å². The molecule has 0 bridgehead atoms. The molecule has 15 heavy (non-hydrogen) atoms. The lowest BCUT2D eigenvalue weighted by molar-refractivity contribution is 0.583. The molecule has 0 amide bonds. The van der Waals surface area contributed by atoms with Crippen molar-refractivity contribution in [3.8, 4) is 0 Å². The van der Waals surface area contributed by atoms with Crippen LogP contribution >= 0.6 is 0 Å². The van der Waals surface area contributed by atoms with Crippen LogP contribution in [0.15, 0.2) is 23.7 Å². The number of hydrogen-bond acceptors (Lipinski definition) is 3. The average Bonchev–Trinajstić information content (AvgIpc) is 2.57. The third kappa shape index (κ3) is 2.45. The third-order valence-corrected chi connectivity index (χ3v) is 3.59. The van der Waals surface area contributed by atoms with Crippen LogP contribution in [0.5, 0.6) is 0 Å². The summed E-state index contributed by atoms with van der Waals surface area (Å²) in [4.78, 5) is 0.228. The molecule has 0 aliphatic carbocycles. The van der Waals surface area contributed by atoms with Gasteiger partial charge in [0.1, 0.15) is 4.90 Å². The van der Waals surface area contributed by atoms with Gasteiger partial charge in [-0.05, 0) is 13.8 Å². The van der Waals surface area contributed by atoms with E-state index < -0.39 is 10.0 Å². The van der Waals surface area contributed by atoms with E-state index in [4.69, 9.17) is 0 Å². The molecular formula is C9H15N3O2S. The molecule has 5 nitrogen and oxygen atoms in total. The van der Waals surface area contributed by atoms with Gasteiger partial charge in [-0.2, -0.15) is 5.10 Å². The normalized spacial score (nSPS) is 11.6. The van der Waals surface area contributed by atoms with E-state index in [1.54, 1.807) is 11.6 Å². The van der Waals surface area contributed by atoms with Crippen molar-refractivity contribution in [3.63, 3.8) is 0 Å². The first kappa shape index (κ1) is 11.9. The molecule has 1 N–H and O–H groups in total. The van der Waals surface area contributed by atoms with Crippen molar-refractivity contribution >= 4 is 10.0 Å². The van der Waals surface area contributed by atoms with Gasteiger partial charge in [-0.3, -0.25) is 4.68 Å². The van der Waals surface area contributed by atoms with Crippen LogP contribution < -0.4 is 4.72 Å². The Balaban J connectivity index is 3.05. The molecule has 0 aromatic carbocycles. The molecule has 0 atom stereocenters. The minimum atomic E-state index is -3.45. The highest BCUT2D eigenvalue weighted by Gasteiger charge is 2.19. The lowest BCUT2D eigenvalue weighted by atomic mass is 10.5. The van der Waals surface area contributed by atoms with Gasteiger partial charge in [-0.1, -0.05) is 6.08 Å². The van der Waals surface area contributed by atoms with E-state index in [2.05, 4.69) is 16.4 Å². The summed E-state index contributed by atoms with van der Waals surface area (Å²) in [6.45, 7) is 7.98. The minimum absolute atomic E-state index is 0.221. The van der Waals surface area contributed by atoms with E-state index in [-0.39, 0.29) is 11.4 Å². The zero-order chi connectivity index (χ0) is 11.5. The van der Waals surface area contributed by atoms with Crippen LogP contribution in [0, 0.1) is 6.92 Å². The molecule has 1 aromatic heterocycles. The first-order valence-corrected chi connectivity index (χ1v) is 6.14. The van der Waals surface area contributed by atoms with E-state index in [9.17, 15) is 8.42 Å². The maximum atomic E-state index is 11.7. The fraction of sp³-hybridized carbons (Fsp3) is 0.444. The second-order valence-electron chi connectivity index (χ2n) is 3.05. The van der Waals surface area contributed by atoms with Crippen LogP contribution in [0.1, 0.15) is 12.6 Å². The summed E-state index contributed by atoms with van der Waals surface area (Å²) < 4.78 is 27.5. The number of sulfonamides is 1. The highest BCUT2D eigenvalue weighted by atomic mass is 32.2. The number of rotatable bonds is 5. The SMILES string of the molecule is C=CCNS(=O)(=O)c1cnn(CC)c1C. The maximum absolute atomic E-state index is 11.7. The number of aryl methyl sites for hydroxylation is 1. The molecule has 6 heteroatoms. The summed E-state index contributed by atoms with van der Waals surface area (Å²) in [6, 6.07) is 0. The molecule has 0 fully saturated rings. The second kappa shape index (κ2) is 4.59. The number of hydrogen-bond donors (Lipinski definition) is 1. The number of aromatic nitrogens is 2. The highest BCUT2D eigenvalue weighted by molar-refractivity contribution is 7.89. The molecule has 0 radical (unpaired) electrons. The molecule has 0 spiro atoms. The van der Waals surface area contributed by atoms with Crippen LogP contribution in [-0.2, 0) is 16.6 Å². The van der Waals surface area contributed by atoms with E-state index in [0.29, 0.717) is 12.2 Å². The molecule has 84 valence electrons. The van der Waals surface area contributed by atoms with Gasteiger partial charge in [0.25, 0.3) is 0 Å². The fourth-order valence-electron chi connectivity index (χ4n) is 1.26. The van der Waals surface area contributed by atoms with Crippen LogP contribution in [0.25, 0.3) is 0 Å². The van der Waals surface area contributed by atoms with E-state index in [1.165, 1.54) is 12.3 Å². The predicted molar refractivity (Wildman–Crippen MR) is 58.0 cm³/mol. The lowest BCUT2D eigenvalue weighted by Crippen LogP contribution is -2.24. The molecule has 1 aromatic rings. The van der Waals surface area contributed by atoms with Crippen LogP contribution in [-0.4, -0.2) is 24.7 Å². The first-order chi connectivity index (χ1) is 7.03. The second-order valence-corrected chi connectivity index (χ2v) is 4.79. The third-order valence-electron chi connectivity index (χ3n) is 2.06. The predicted octanol–water partition coefficient (Wildman–Crippen LogP) is 0.676. The van der Waals surface area contributed by atoms with Gasteiger partial charge in [-0.15, -0.1) is 6.58 Å². The van der Waals surface area contributed by atoms with Crippen molar-refractivity contribution in [1.82, 2.24) is 14.5 Å². The molecule has 1 rings (SSSR count). The zero-order valence-electron chi connectivity index (χ0n) is 8.90. The van der Waals surface area contributed by atoms with Gasteiger partial charge in [0.2, 0.25) is 10.0 Å². The molecular weight excluding hydrogens is 214 g/mol. The summed E-state index contributed by atoms with van der Waals surface area (Å²) in [5, 5.41) is 3.98.